The number of hydrogen-bond donors (Lipinski definition) is 0. The molecular formula is C42H34Hf-2. The molecule has 0 radical (unpaired) electrons. The Hall–Kier alpha value is -4.07. The second kappa shape index (κ2) is 12.3. The molecule has 0 saturated heterocycles. The van der Waals surface area contributed by atoms with Gasteiger partial charge in [-0.05, 0) is 38.6 Å². The van der Waals surface area contributed by atoms with E-state index in [1.807, 2.05) is 0 Å². The summed E-state index contributed by atoms with van der Waals surface area (Å²) >= 11 is 0. The van der Waals surface area contributed by atoms with Crippen LogP contribution in [0.15, 0.2) is 146 Å². The van der Waals surface area contributed by atoms with E-state index in [0.717, 1.165) is 0 Å². The Morgan fingerprint density at radius 1 is 0.442 bits per heavy atom. The van der Waals surface area contributed by atoms with E-state index in [1.165, 1.54) is 76.5 Å². The molecule has 0 aliphatic rings. The average Bonchev–Trinajstić information content (AvgIpc) is 3.64. The molecule has 0 heterocycles. The van der Waals surface area contributed by atoms with Crippen LogP contribution in [0.1, 0.15) is 30.9 Å². The fraction of sp³-hybridized carbons (Fsp3) is 0.0952. The number of hydrogen-bond acceptors (Lipinski definition) is 0. The van der Waals surface area contributed by atoms with Gasteiger partial charge in [0, 0.05) is 25.8 Å². The SMILES string of the molecule is CC(C)c1cc2c(-c3cccc4ccccc34)cccc2[cH-]1.Cc1cc2c(-c3cccc4ccccc34)cccc2[cH-]1.[Hf]. The van der Waals surface area contributed by atoms with E-state index in [0.29, 0.717) is 5.92 Å². The molecule has 0 N–H and O–H groups in total. The Bertz CT molecular complexity index is 2180. The van der Waals surface area contributed by atoms with Gasteiger partial charge in [-0.2, -0.15) is 12.1 Å². The topological polar surface area (TPSA) is 0 Å². The van der Waals surface area contributed by atoms with Crippen molar-refractivity contribution >= 4 is 43.1 Å². The molecule has 8 aromatic carbocycles. The second-order valence-corrected chi connectivity index (χ2v) is 11.6. The largest absolute Gasteiger partial charge is 0.165 e. The van der Waals surface area contributed by atoms with Crippen molar-refractivity contribution in [1.29, 1.82) is 0 Å². The van der Waals surface area contributed by atoms with Crippen LogP contribution in [0.25, 0.3) is 65.3 Å². The van der Waals surface area contributed by atoms with Crippen LogP contribution in [0.5, 0.6) is 0 Å². The van der Waals surface area contributed by atoms with Gasteiger partial charge in [-0.15, -0.1) is 69.1 Å². The van der Waals surface area contributed by atoms with E-state index in [2.05, 4.69) is 166 Å². The summed E-state index contributed by atoms with van der Waals surface area (Å²) in [6.45, 7) is 6.67. The molecule has 0 aliphatic heterocycles. The predicted molar refractivity (Wildman–Crippen MR) is 184 cm³/mol. The normalized spacial score (nSPS) is 11.2. The molecule has 0 nitrogen and oxygen atoms in total. The minimum atomic E-state index is 0. The molecule has 0 saturated carbocycles. The number of rotatable bonds is 3. The molecule has 8 rings (SSSR count). The second-order valence-electron chi connectivity index (χ2n) is 11.6. The van der Waals surface area contributed by atoms with Crippen LogP contribution in [-0.2, 0) is 25.8 Å². The smallest absolute Gasteiger partial charge is 0 e. The van der Waals surface area contributed by atoms with Crippen LogP contribution >= 0.6 is 0 Å². The molecular weight excluding hydrogens is 683 g/mol. The first-order valence-corrected chi connectivity index (χ1v) is 14.9. The first kappa shape index (κ1) is 29.0. The monoisotopic (exact) mass is 718 g/mol. The zero-order chi connectivity index (χ0) is 28.6. The van der Waals surface area contributed by atoms with Gasteiger partial charge in [0.1, 0.15) is 0 Å². The van der Waals surface area contributed by atoms with E-state index in [9.17, 15) is 0 Å². The first-order chi connectivity index (χ1) is 20.6. The minimum absolute atomic E-state index is 0. The third-order valence-electron chi connectivity index (χ3n) is 8.49. The Morgan fingerprint density at radius 2 is 0.860 bits per heavy atom. The molecule has 208 valence electrons. The van der Waals surface area contributed by atoms with Crippen molar-refractivity contribution in [1.82, 2.24) is 0 Å². The number of aryl methyl sites for hydroxylation is 1. The maximum Gasteiger partial charge on any atom is 0 e. The van der Waals surface area contributed by atoms with Crippen molar-refractivity contribution in [3.63, 3.8) is 0 Å². The first-order valence-electron chi connectivity index (χ1n) is 14.9. The summed E-state index contributed by atoms with van der Waals surface area (Å²) < 4.78 is 0. The van der Waals surface area contributed by atoms with Crippen LogP contribution in [0.3, 0.4) is 0 Å². The number of fused-ring (bicyclic) bond motifs is 4. The summed E-state index contributed by atoms with van der Waals surface area (Å²) in [5.74, 6) is 0.563. The van der Waals surface area contributed by atoms with Crippen LogP contribution in [0, 0.1) is 6.92 Å². The third kappa shape index (κ3) is 5.55. The van der Waals surface area contributed by atoms with Gasteiger partial charge in [-0.3, -0.25) is 0 Å². The van der Waals surface area contributed by atoms with Gasteiger partial charge < -0.3 is 0 Å². The number of benzene rings is 6. The molecule has 0 bridgehead atoms. The molecule has 1 heteroatoms. The van der Waals surface area contributed by atoms with Crippen LogP contribution in [0.4, 0.5) is 0 Å². The molecule has 0 fully saturated rings. The van der Waals surface area contributed by atoms with E-state index in [4.69, 9.17) is 0 Å². The zero-order valence-electron chi connectivity index (χ0n) is 24.9. The van der Waals surface area contributed by atoms with Crippen molar-refractivity contribution in [3.8, 4) is 22.3 Å². The minimum Gasteiger partial charge on any atom is -0.165 e. The maximum absolute atomic E-state index is 2.36. The molecule has 0 aliphatic carbocycles. The molecule has 0 unspecified atom stereocenters. The molecule has 0 atom stereocenters. The van der Waals surface area contributed by atoms with Crippen molar-refractivity contribution < 1.29 is 25.8 Å². The fourth-order valence-electron chi connectivity index (χ4n) is 6.37. The van der Waals surface area contributed by atoms with Crippen molar-refractivity contribution in [2.45, 2.75) is 26.7 Å². The summed E-state index contributed by atoms with van der Waals surface area (Å²) in [5, 5.41) is 10.6. The van der Waals surface area contributed by atoms with E-state index in [-0.39, 0.29) is 25.8 Å². The third-order valence-corrected chi connectivity index (χ3v) is 8.49. The quantitative estimate of drug-likeness (QED) is 0.126. The van der Waals surface area contributed by atoms with Gasteiger partial charge in [0.2, 0.25) is 0 Å². The van der Waals surface area contributed by atoms with Crippen molar-refractivity contribution in [3.05, 3.63) is 157 Å². The van der Waals surface area contributed by atoms with E-state index < -0.39 is 0 Å². The fourth-order valence-corrected chi connectivity index (χ4v) is 6.37. The molecule has 0 amide bonds. The predicted octanol–water partition coefficient (Wildman–Crippen LogP) is 12.2. The zero-order valence-corrected chi connectivity index (χ0v) is 28.5. The van der Waals surface area contributed by atoms with Gasteiger partial charge in [0.25, 0.3) is 0 Å². The summed E-state index contributed by atoms with van der Waals surface area (Å²) in [6.07, 6.45) is 0. The van der Waals surface area contributed by atoms with Crippen molar-refractivity contribution in [2.24, 2.45) is 0 Å². The van der Waals surface area contributed by atoms with Crippen LogP contribution in [0.2, 0.25) is 0 Å². The molecule has 43 heavy (non-hydrogen) atoms. The van der Waals surface area contributed by atoms with Crippen LogP contribution in [-0.4, -0.2) is 0 Å². The molecule has 0 aromatic heterocycles. The van der Waals surface area contributed by atoms with Gasteiger partial charge in [-0.25, -0.2) is 0 Å². The Kier molecular flexibility index (Phi) is 8.28. The van der Waals surface area contributed by atoms with E-state index >= 15 is 0 Å². The summed E-state index contributed by atoms with van der Waals surface area (Å²) in [5.41, 5.74) is 8.05. The molecule has 8 aromatic rings. The average molecular weight is 717 g/mol. The summed E-state index contributed by atoms with van der Waals surface area (Å²) in [7, 11) is 0. The van der Waals surface area contributed by atoms with Gasteiger partial charge in [-0.1, -0.05) is 129 Å². The van der Waals surface area contributed by atoms with Crippen LogP contribution < -0.4 is 0 Å². The Balaban J connectivity index is 0.000000150. The summed E-state index contributed by atoms with van der Waals surface area (Å²) in [6, 6.07) is 52.8. The standard InChI is InChI=1S/C22H19.C20H15.Hf/c1-15(2)18-13-17-9-6-12-21(22(17)14-18)20-11-5-8-16-7-3-4-10-19(16)20;1-14-12-16-8-5-11-19(20(16)13-14)18-10-4-7-15-6-2-3-9-17(15)18;/h3-15H,1-2H3;2-13H,1H3;/q2*-1;. The maximum atomic E-state index is 2.36. The van der Waals surface area contributed by atoms with Crippen molar-refractivity contribution in [2.75, 3.05) is 0 Å². The Morgan fingerprint density at radius 3 is 1.40 bits per heavy atom. The van der Waals surface area contributed by atoms with E-state index in [1.54, 1.807) is 0 Å². The van der Waals surface area contributed by atoms with Gasteiger partial charge in [0.05, 0.1) is 0 Å². The Labute approximate surface area is 273 Å². The van der Waals surface area contributed by atoms with Gasteiger partial charge >= 0.3 is 0 Å². The molecule has 0 spiro atoms. The summed E-state index contributed by atoms with van der Waals surface area (Å²) in [4.78, 5) is 0. The van der Waals surface area contributed by atoms with Gasteiger partial charge in [0.15, 0.2) is 0 Å².